The molecule has 8 nitrogen and oxygen atoms in total. The Kier molecular flexibility index (Phi) is 6.74. The Morgan fingerprint density at radius 3 is 2.53 bits per heavy atom. The number of piperazine rings is 1. The van der Waals surface area contributed by atoms with Gasteiger partial charge in [0.05, 0.1) is 30.6 Å². The van der Waals surface area contributed by atoms with E-state index in [1.165, 1.54) is 30.5 Å². The number of fused-ring (bicyclic) bond motifs is 5. The molecule has 2 N–H and O–H groups in total. The smallest absolute Gasteiger partial charge is 0.335 e. The van der Waals surface area contributed by atoms with Gasteiger partial charge in [-0.2, -0.15) is 0 Å². The number of hydrogen-bond acceptors (Lipinski definition) is 5. The van der Waals surface area contributed by atoms with E-state index >= 15 is 0 Å². The third-order valence-electron chi connectivity index (χ3n) is 8.55. The lowest BCUT2D eigenvalue weighted by molar-refractivity contribution is -0.130. The molecule has 1 amide bonds. The number of carboxylic acid groups (broad SMARTS) is 1. The number of rotatable bonds is 5. The highest BCUT2D eigenvalue weighted by atomic mass is 16.5. The Balaban J connectivity index is 1.51. The van der Waals surface area contributed by atoms with Gasteiger partial charge in [0, 0.05) is 61.8 Å². The van der Waals surface area contributed by atoms with Crippen LogP contribution in [-0.4, -0.2) is 72.8 Å². The lowest BCUT2D eigenvalue weighted by atomic mass is 9.81. The SMILES string of the molecule is COc1ccc2c(c1)N(CC(=O)N1CCNCC1)CCn1c-2c(C2CCCCC2)c2ccc(C(=O)O)cc21. The zero-order valence-electron chi connectivity index (χ0n) is 22.0. The van der Waals surface area contributed by atoms with Crippen LogP contribution in [0.3, 0.4) is 0 Å². The summed E-state index contributed by atoms with van der Waals surface area (Å²) in [6.07, 6.45) is 5.98. The molecule has 2 aromatic carbocycles. The summed E-state index contributed by atoms with van der Waals surface area (Å²) in [6, 6.07) is 11.8. The van der Waals surface area contributed by atoms with Crippen LogP contribution in [0.25, 0.3) is 22.2 Å². The lowest BCUT2D eigenvalue weighted by Gasteiger charge is -2.31. The first-order valence-electron chi connectivity index (χ1n) is 13.9. The minimum absolute atomic E-state index is 0.136. The number of hydrogen-bond donors (Lipinski definition) is 2. The Morgan fingerprint density at radius 2 is 1.79 bits per heavy atom. The number of carboxylic acids is 1. The largest absolute Gasteiger partial charge is 0.497 e. The number of amides is 1. The normalized spacial score (nSPS) is 18.1. The number of anilines is 1. The molecule has 1 saturated carbocycles. The number of carbonyl (C=O) groups excluding carboxylic acids is 1. The maximum atomic E-state index is 13.4. The second-order valence-corrected chi connectivity index (χ2v) is 10.7. The van der Waals surface area contributed by atoms with E-state index in [2.05, 4.69) is 26.9 Å². The lowest BCUT2D eigenvalue weighted by Crippen LogP contribution is -2.50. The zero-order chi connectivity index (χ0) is 26.2. The van der Waals surface area contributed by atoms with Crippen LogP contribution in [0.2, 0.25) is 0 Å². The molecule has 8 heteroatoms. The molecule has 0 unspecified atom stereocenters. The summed E-state index contributed by atoms with van der Waals surface area (Å²) in [7, 11) is 1.67. The molecule has 2 fully saturated rings. The highest BCUT2D eigenvalue weighted by molar-refractivity contribution is 6.00. The van der Waals surface area contributed by atoms with Crippen LogP contribution in [0.15, 0.2) is 36.4 Å². The molecule has 0 spiro atoms. The van der Waals surface area contributed by atoms with Crippen molar-refractivity contribution in [1.29, 1.82) is 0 Å². The highest BCUT2D eigenvalue weighted by Gasteiger charge is 2.32. The molecule has 6 rings (SSSR count). The van der Waals surface area contributed by atoms with Crippen molar-refractivity contribution in [3.63, 3.8) is 0 Å². The fourth-order valence-corrected chi connectivity index (χ4v) is 6.62. The summed E-state index contributed by atoms with van der Waals surface area (Å²) in [5.41, 5.74) is 5.87. The number of methoxy groups -OCH3 is 1. The first-order chi connectivity index (χ1) is 18.5. The fourth-order valence-electron chi connectivity index (χ4n) is 6.62. The summed E-state index contributed by atoms with van der Waals surface area (Å²) < 4.78 is 7.94. The molecule has 200 valence electrons. The number of aromatic carboxylic acids is 1. The van der Waals surface area contributed by atoms with E-state index in [4.69, 9.17) is 4.74 Å². The van der Waals surface area contributed by atoms with Crippen LogP contribution in [0.1, 0.15) is 53.9 Å². The standard InChI is InChI=1S/C30H36N4O4/c1-38-22-8-10-24-25(18-22)33(19-27(35)32-13-11-31-12-14-32)15-16-34-26-17-21(30(36)37)7-9-23(26)28(29(24)34)20-5-3-2-4-6-20/h7-10,17-18,20,31H,2-6,11-16,19H2,1H3,(H,36,37). The molecule has 0 atom stereocenters. The van der Waals surface area contributed by atoms with Crippen LogP contribution < -0.4 is 15.0 Å². The molecule has 1 saturated heterocycles. The van der Waals surface area contributed by atoms with Crippen LogP contribution in [-0.2, 0) is 11.3 Å². The topological polar surface area (TPSA) is 87.0 Å². The first kappa shape index (κ1) is 24.8. The van der Waals surface area contributed by atoms with Crippen molar-refractivity contribution in [2.75, 3.05) is 51.3 Å². The van der Waals surface area contributed by atoms with E-state index in [-0.39, 0.29) is 5.91 Å². The number of ether oxygens (including phenoxy) is 1. The van der Waals surface area contributed by atoms with E-state index in [1.807, 2.05) is 23.1 Å². The van der Waals surface area contributed by atoms with Gasteiger partial charge >= 0.3 is 5.97 Å². The van der Waals surface area contributed by atoms with Crippen LogP contribution in [0.4, 0.5) is 5.69 Å². The second kappa shape index (κ2) is 10.3. The Labute approximate surface area is 223 Å². The van der Waals surface area contributed by atoms with Crippen molar-refractivity contribution >= 4 is 28.5 Å². The Morgan fingerprint density at radius 1 is 1.00 bits per heavy atom. The predicted molar refractivity (Wildman–Crippen MR) is 148 cm³/mol. The fraction of sp³-hybridized carbons (Fsp3) is 0.467. The van der Waals surface area contributed by atoms with Crippen molar-refractivity contribution in [2.24, 2.45) is 0 Å². The van der Waals surface area contributed by atoms with Gasteiger partial charge in [0.2, 0.25) is 5.91 Å². The Hall–Kier alpha value is -3.52. The summed E-state index contributed by atoms with van der Waals surface area (Å²) >= 11 is 0. The van der Waals surface area contributed by atoms with Gasteiger partial charge in [-0.3, -0.25) is 4.79 Å². The van der Waals surface area contributed by atoms with Crippen LogP contribution >= 0.6 is 0 Å². The molecule has 3 heterocycles. The predicted octanol–water partition coefficient (Wildman–Crippen LogP) is 4.31. The molecule has 1 aliphatic carbocycles. The maximum absolute atomic E-state index is 13.4. The van der Waals surface area contributed by atoms with Gasteiger partial charge in [-0.15, -0.1) is 0 Å². The highest BCUT2D eigenvalue weighted by Crippen LogP contribution is 2.48. The maximum Gasteiger partial charge on any atom is 0.335 e. The van der Waals surface area contributed by atoms with Gasteiger partial charge in [-0.25, -0.2) is 4.79 Å². The average Bonchev–Trinajstić information content (AvgIpc) is 3.20. The molecule has 1 aromatic heterocycles. The van der Waals surface area contributed by atoms with E-state index < -0.39 is 5.97 Å². The summed E-state index contributed by atoms with van der Waals surface area (Å²) in [6.45, 7) is 4.73. The summed E-state index contributed by atoms with van der Waals surface area (Å²) in [4.78, 5) is 29.4. The number of benzene rings is 2. The zero-order valence-corrected chi connectivity index (χ0v) is 22.0. The summed E-state index contributed by atoms with van der Waals surface area (Å²) in [5, 5.41) is 14.2. The molecule has 2 aliphatic heterocycles. The molecule has 38 heavy (non-hydrogen) atoms. The van der Waals surface area contributed by atoms with E-state index in [9.17, 15) is 14.7 Å². The van der Waals surface area contributed by atoms with Gasteiger partial charge in [0.25, 0.3) is 0 Å². The average molecular weight is 517 g/mol. The molecule has 3 aliphatic rings. The van der Waals surface area contributed by atoms with Crippen molar-refractivity contribution in [3.05, 3.63) is 47.5 Å². The monoisotopic (exact) mass is 516 g/mol. The van der Waals surface area contributed by atoms with E-state index in [0.717, 1.165) is 66.9 Å². The molecular weight excluding hydrogens is 480 g/mol. The van der Waals surface area contributed by atoms with Gasteiger partial charge < -0.3 is 29.5 Å². The van der Waals surface area contributed by atoms with Gasteiger partial charge in [0.1, 0.15) is 5.75 Å². The molecular formula is C30H36N4O4. The summed E-state index contributed by atoms with van der Waals surface area (Å²) in [5.74, 6) is 0.420. The Bertz CT molecular complexity index is 1370. The van der Waals surface area contributed by atoms with Crippen LogP contribution in [0.5, 0.6) is 5.75 Å². The molecule has 0 bridgehead atoms. The van der Waals surface area contributed by atoms with E-state index in [1.54, 1.807) is 13.2 Å². The minimum Gasteiger partial charge on any atom is -0.497 e. The number of aromatic nitrogens is 1. The minimum atomic E-state index is -0.913. The van der Waals surface area contributed by atoms with Crippen molar-refractivity contribution in [1.82, 2.24) is 14.8 Å². The van der Waals surface area contributed by atoms with Crippen molar-refractivity contribution in [2.45, 2.75) is 44.6 Å². The van der Waals surface area contributed by atoms with Crippen molar-refractivity contribution in [3.8, 4) is 17.0 Å². The third kappa shape index (κ3) is 4.41. The second-order valence-electron chi connectivity index (χ2n) is 10.7. The number of nitrogens with one attached hydrogen (secondary N) is 1. The van der Waals surface area contributed by atoms with Gasteiger partial charge in [-0.1, -0.05) is 25.3 Å². The van der Waals surface area contributed by atoms with Gasteiger partial charge in [0.15, 0.2) is 0 Å². The van der Waals surface area contributed by atoms with Gasteiger partial charge in [-0.05, 0) is 48.6 Å². The number of carbonyl (C=O) groups is 2. The van der Waals surface area contributed by atoms with Crippen LogP contribution in [0, 0.1) is 0 Å². The molecule has 3 aromatic rings. The quantitative estimate of drug-likeness (QED) is 0.526. The third-order valence-corrected chi connectivity index (χ3v) is 8.55. The number of nitrogens with zero attached hydrogens (tertiary/aromatic N) is 3. The first-order valence-corrected chi connectivity index (χ1v) is 13.9. The van der Waals surface area contributed by atoms with Crippen molar-refractivity contribution < 1.29 is 19.4 Å². The van der Waals surface area contributed by atoms with E-state index in [0.29, 0.717) is 31.1 Å². The molecule has 0 radical (unpaired) electrons.